The summed E-state index contributed by atoms with van der Waals surface area (Å²) >= 11 is 6.23. The zero-order chi connectivity index (χ0) is 19.3. The van der Waals surface area contributed by atoms with Crippen LogP contribution in [0.15, 0.2) is 23.1 Å². The van der Waals surface area contributed by atoms with Gasteiger partial charge in [0.1, 0.15) is 0 Å². The van der Waals surface area contributed by atoms with Crippen molar-refractivity contribution in [2.75, 3.05) is 7.05 Å². The van der Waals surface area contributed by atoms with E-state index in [-0.39, 0.29) is 33.5 Å². The number of hydrogen-bond acceptors (Lipinski definition) is 3. The monoisotopic (exact) mass is 400 g/mol. The van der Waals surface area contributed by atoms with Crippen molar-refractivity contribution >= 4 is 27.5 Å². The first kappa shape index (κ1) is 21.2. The highest BCUT2D eigenvalue weighted by molar-refractivity contribution is 7.89. The quantitative estimate of drug-likeness (QED) is 0.804. The van der Waals surface area contributed by atoms with E-state index in [1.54, 1.807) is 25.8 Å². The standard InChI is InChI=1S/C19H29ClN2O3S/c1-14(2)21-26(24,25)16-11-12-18(20)17(13-16)19(23)22(3)15-9-7-5-4-6-8-10-15/h11-15,21H,4-10H2,1-3H3. The molecule has 0 spiro atoms. The van der Waals surface area contributed by atoms with Gasteiger partial charge in [0.15, 0.2) is 0 Å². The largest absolute Gasteiger partial charge is 0.339 e. The molecule has 1 aromatic carbocycles. The number of sulfonamides is 1. The van der Waals surface area contributed by atoms with Crippen LogP contribution in [0.2, 0.25) is 5.02 Å². The number of nitrogens with one attached hydrogen (secondary N) is 1. The molecule has 1 fully saturated rings. The fourth-order valence-electron chi connectivity index (χ4n) is 3.39. The van der Waals surface area contributed by atoms with Crippen LogP contribution in [0.5, 0.6) is 0 Å². The molecule has 5 nitrogen and oxygen atoms in total. The molecule has 7 heteroatoms. The third-order valence-electron chi connectivity index (χ3n) is 4.81. The van der Waals surface area contributed by atoms with E-state index in [4.69, 9.17) is 11.6 Å². The molecule has 0 aromatic heterocycles. The SMILES string of the molecule is CC(C)NS(=O)(=O)c1ccc(Cl)c(C(=O)N(C)C2CCCCCCC2)c1. The lowest BCUT2D eigenvalue weighted by Gasteiger charge is -2.30. The summed E-state index contributed by atoms with van der Waals surface area (Å²) in [6.45, 7) is 3.50. The summed E-state index contributed by atoms with van der Waals surface area (Å²) in [4.78, 5) is 14.8. The number of nitrogens with zero attached hydrogens (tertiary/aromatic N) is 1. The number of carbonyl (C=O) groups is 1. The molecule has 0 radical (unpaired) electrons. The summed E-state index contributed by atoms with van der Waals surface area (Å²) in [6.07, 6.45) is 7.85. The fourth-order valence-corrected chi connectivity index (χ4v) is 4.87. The summed E-state index contributed by atoms with van der Waals surface area (Å²) in [7, 11) is -1.88. The Labute approximate surface area is 162 Å². The average molecular weight is 401 g/mol. The maximum absolute atomic E-state index is 13.0. The van der Waals surface area contributed by atoms with Gasteiger partial charge in [0.2, 0.25) is 10.0 Å². The Hall–Kier alpha value is -1.11. The van der Waals surface area contributed by atoms with E-state index in [1.807, 2.05) is 0 Å². The first-order valence-electron chi connectivity index (χ1n) is 9.31. The second-order valence-electron chi connectivity index (χ2n) is 7.33. The molecule has 146 valence electrons. The van der Waals surface area contributed by atoms with Gasteiger partial charge in [0.05, 0.1) is 15.5 Å². The van der Waals surface area contributed by atoms with Gasteiger partial charge in [-0.3, -0.25) is 4.79 Å². The third-order valence-corrected chi connectivity index (χ3v) is 6.80. The first-order valence-corrected chi connectivity index (χ1v) is 11.2. The highest BCUT2D eigenvalue weighted by Crippen LogP contribution is 2.26. The molecular weight excluding hydrogens is 372 g/mol. The molecule has 1 aromatic rings. The van der Waals surface area contributed by atoms with E-state index in [2.05, 4.69) is 4.72 Å². The van der Waals surface area contributed by atoms with Gasteiger partial charge in [-0.15, -0.1) is 0 Å². The first-order chi connectivity index (χ1) is 12.2. The van der Waals surface area contributed by atoms with Crippen LogP contribution in [0.1, 0.15) is 69.2 Å². The Bertz CT molecular complexity index is 726. The van der Waals surface area contributed by atoms with Crippen LogP contribution in [0.4, 0.5) is 0 Å². The second-order valence-corrected chi connectivity index (χ2v) is 9.45. The van der Waals surface area contributed by atoms with Crippen LogP contribution in [0.3, 0.4) is 0 Å². The predicted octanol–water partition coefficient (Wildman–Crippen LogP) is 4.21. The van der Waals surface area contributed by atoms with Crippen molar-refractivity contribution in [3.05, 3.63) is 28.8 Å². The van der Waals surface area contributed by atoms with Crippen molar-refractivity contribution in [3.8, 4) is 0 Å². The van der Waals surface area contributed by atoms with E-state index in [1.165, 1.54) is 37.5 Å². The van der Waals surface area contributed by atoms with E-state index < -0.39 is 10.0 Å². The molecule has 1 saturated carbocycles. The van der Waals surface area contributed by atoms with E-state index >= 15 is 0 Å². The second kappa shape index (κ2) is 9.20. The number of carbonyl (C=O) groups excluding carboxylic acids is 1. The van der Waals surface area contributed by atoms with E-state index in [0.717, 1.165) is 25.7 Å². The maximum Gasteiger partial charge on any atom is 0.255 e. The third kappa shape index (κ3) is 5.44. The van der Waals surface area contributed by atoms with Crippen LogP contribution >= 0.6 is 11.6 Å². The van der Waals surface area contributed by atoms with Crippen molar-refractivity contribution in [2.24, 2.45) is 0 Å². The van der Waals surface area contributed by atoms with Gasteiger partial charge in [-0.25, -0.2) is 13.1 Å². The molecule has 0 heterocycles. The Kier molecular flexibility index (Phi) is 7.50. The van der Waals surface area contributed by atoms with Gasteiger partial charge in [-0.2, -0.15) is 0 Å². The summed E-state index contributed by atoms with van der Waals surface area (Å²) in [5.74, 6) is -0.220. The minimum Gasteiger partial charge on any atom is -0.339 e. The van der Waals surface area contributed by atoms with Gasteiger partial charge in [-0.1, -0.05) is 43.7 Å². The predicted molar refractivity (Wildman–Crippen MR) is 105 cm³/mol. The molecule has 1 aliphatic carbocycles. The van der Waals surface area contributed by atoms with Gasteiger partial charge in [0, 0.05) is 19.1 Å². The Morgan fingerprint density at radius 2 is 1.73 bits per heavy atom. The minimum absolute atomic E-state index is 0.0602. The molecule has 0 saturated heterocycles. The number of hydrogen-bond donors (Lipinski definition) is 1. The van der Waals surface area contributed by atoms with E-state index in [9.17, 15) is 13.2 Å². The van der Waals surface area contributed by atoms with Crippen LogP contribution in [-0.4, -0.2) is 38.4 Å². The van der Waals surface area contributed by atoms with Crippen molar-refractivity contribution in [1.29, 1.82) is 0 Å². The Morgan fingerprint density at radius 1 is 1.15 bits per heavy atom. The van der Waals surface area contributed by atoms with Crippen LogP contribution < -0.4 is 4.72 Å². The average Bonchev–Trinajstić information content (AvgIpc) is 2.52. The lowest BCUT2D eigenvalue weighted by molar-refractivity contribution is 0.0706. The molecule has 1 amide bonds. The fraction of sp³-hybridized carbons (Fsp3) is 0.632. The van der Waals surface area contributed by atoms with Crippen LogP contribution in [0, 0.1) is 0 Å². The molecule has 1 aliphatic rings. The topological polar surface area (TPSA) is 66.5 Å². The molecule has 0 unspecified atom stereocenters. The summed E-state index contributed by atoms with van der Waals surface area (Å²) in [6, 6.07) is 4.24. The van der Waals surface area contributed by atoms with Crippen molar-refractivity contribution in [3.63, 3.8) is 0 Å². The molecule has 26 heavy (non-hydrogen) atoms. The number of rotatable bonds is 5. The van der Waals surface area contributed by atoms with Crippen molar-refractivity contribution < 1.29 is 13.2 Å². The van der Waals surface area contributed by atoms with Gasteiger partial charge < -0.3 is 4.90 Å². The normalized spacial score (nSPS) is 17.0. The van der Waals surface area contributed by atoms with Gasteiger partial charge in [0.25, 0.3) is 5.91 Å². The zero-order valence-corrected chi connectivity index (χ0v) is 17.4. The highest BCUT2D eigenvalue weighted by Gasteiger charge is 2.25. The summed E-state index contributed by atoms with van der Waals surface area (Å²) in [5, 5.41) is 0.274. The van der Waals surface area contributed by atoms with Gasteiger partial charge in [-0.05, 0) is 44.9 Å². The molecule has 0 aliphatic heterocycles. The Balaban J connectivity index is 2.26. The Morgan fingerprint density at radius 3 is 2.31 bits per heavy atom. The zero-order valence-electron chi connectivity index (χ0n) is 15.8. The number of benzene rings is 1. The summed E-state index contributed by atoms with van der Waals surface area (Å²) < 4.78 is 27.3. The minimum atomic E-state index is -3.67. The molecule has 0 atom stereocenters. The van der Waals surface area contributed by atoms with Crippen molar-refractivity contribution in [1.82, 2.24) is 9.62 Å². The van der Waals surface area contributed by atoms with Gasteiger partial charge >= 0.3 is 0 Å². The maximum atomic E-state index is 13.0. The van der Waals surface area contributed by atoms with Crippen LogP contribution in [0.25, 0.3) is 0 Å². The van der Waals surface area contributed by atoms with Crippen molar-refractivity contribution in [2.45, 2.75) is 75.8 Å². The highest BCUT2D eigenvalue weighted by atomic mass is 35.5. The molecule has 0 bridgehead atoms. The molecular formula is C19H29ClN2O3S. The van der Waals surface area contributed by atoms with Crippen LogP contribution in [-0.2, 0) is 10.0 Å². The lowest BCUT2D eigenvalue weighted by Crippen LogP contribution is -2.37. The number of amides is 1. The number of halogens is 1. The smallest absolute Gasteiger partial charge is 0.255 e. The lowest BCUT2D eigenvalue weighted by atomic mass is 9.95. The molecule has 2 rings (SSSR count). The summed E-state index contributed by atoms with van der Waals surface area (Å²) in [5.41, 5.74) is 0.239. The molecule has 1 N–H and O–H groups in total. The van der Waals surface area contributed by atoms with E-state index in [0.29, 0.717) is 0 Å².